The van der Waals surface area contributed by atoms with Crippen LogP contribution in [0.15, 0.2) is 71.8 Å². The van der Waals surface area contributed by atoms with Gasteiger partial charge in [-0.3, -0.25) is 14.3 Å². The molecule has 0 amide bonds. The molecule has 40 heavy (non-hydrogen) atoms. The van der Waals surface area contributed by atoms with Crippen molar-refractivity contribution in [2.45, 2.75) is 43.3 Å². The van der Waals surface area contributed by atoms with Crippen LogP contribution in [0.25, 0.3) is 5.65 Å². The third-order valence-corrected chi connectivity index (χ3v) is 9.63. The molecule has 0 saturated carbocycles. The fourth-order valence-corrected chi connectivity index (χ4v) is 6.99. The Hall–Kier alpha value is -3.31. The van der Waals surface area contributed by atoms with Gasteiger partial charge in [-0.15, -0.1) is 0 Å². The molecule has 1 aliphatic heterocycles. The van der Waals surface area contributed by atoms with Crippen molar-refractivity contribution in [3.63, 3.8) is 0 Å². The van der Waals surface area contributed by atoms with E-state index in [4.69, 9.17) is 9.97 Å². The maximum absolute atomic E-state index is 13.2. The van der Waals surface area contributed by atoms with Crippen LogP contribution in [-0.2, 0) is 29.5 Å². The molecule has 3 aromatic heterocycles. The lowest BCUT2D eigenvalue weighted by atomic mass is 9.91. The van der Waals surface area contributed by atoms with Crippen molar-refractivity contribution in [3.8, 4) is 0 Å². The molecular formula is C30H37N7O2S. The highest BCUT2D eigenvalue weighted by molar-refractivity contribution is 7.89. The summed E-state index contributed by atoms with van der Waals surface area (Å²) in [6, 6.07) is 19.1. The first-order chi connectivity index (χ1) is 19.4. The Morgan fingerprint density at radius 3 is 2.60 bits per heavy atom. The van der Waals surface area contributed by atoms with E-state index in [1.54, 1.807) is 24.3 Å². The average molecular weight is 560 g/mol. The maximum atomic E-state index is 13.2. The van der Waals surface area contributed by atoms with Gasteiger partial charge in [0.1, 0.15) is 11.5 Å². The van der Waals surface area contributed by atoms with Gasteiger partial charge in [0.15, 0.2) is 0 Å². The van der Waals surface area contributed by atoms with E-state index < -0.39 is 10.0 Å². The van der Waals surface area contributed by atoms with Crippen LogP contribution in [0.4, 0.5) is 5.82 Å². The third-order valence-electron chi connectivity index (χ3n) is 8.21. The van der Waals surface area contributed by atoms with Crippen molar-refractivity contribution < 1.29 is 8.42 Å². The molecule has 1 N–H and O–H groups in total. The second-order valence-corrected chi connectivity index (χ2v) is 12.6. The van der Waals surface area contributed by atoms with Crippen LogP contribution in [0.2, 0.25) is 0 Å². The minimum Gasteiger partial charge on any atom is -0.355 e. The van der Waals surface area contributed by atoms with Crippen molar-refractivity contribution in [2.24, 2.45) is 0 Å². The summed E-state index contributed by atoms with van der Waals surface area (Å²) >= 11 is 0. The van der Waals surface area contributed by atoms with Crippen LogP contribution >= 0.6 is 0 Å². The molecule has 4 heterocycles. The fourth-order valence-electron chi connectivity index (χ4n) is 5.98. The third kappa shape index (κ3) is 5.36. The van der Waals surface area contributed by atoms with E-state index in [0.717, 1.165) is 74.0 Å². The number of anilines is 1. The van der Waals surface area contributed by atoms with Crippen molar-refractivity contribution in [1.29, 1.82) is 0 Å². The lowest BCUT2D eigenvalue weighted by molar-refractivity contribution is 0.206. The zero-order valence-corrected chi connectivity index (χ0v) is 24.0. The first-order valence-electron chi connectivity index (χ1n) is 14.0. The molecule has 9 nitrogen and oxygen atoms in total. The van der Waals surface area contributed by atoms with E-state index in [-0.39, 0.29) is 17.5 Å². The van der Waals surface area contributed by atoms with Crippen molar-refractivity contribution in [2.75, 3.05) is 45.2 Å². The SMILES string of the molecule is CN1CCN(c2cccc3nc(CN(C)[C@H]4CCCc5cccnc54)c(CNS(=O)(=O)c4ccccc4)n23)CC1. The summed E-state index contributed by atoms with van der Waals surface area (Å²) < 4.78 is 31.5. The number of rotatable bonds is 8. The number of aryl methyl sites for hydroxylation is 1. The Bertz CT molecular complexity index is 1580. The van der Waals surface area contributed by atoms with Gasteiger partial charge in [-0.05, 0) is 69.3 Å². The van der Waals surface area contributed by atoms with Gasteiger partial charge in [0, 0.05) is 38.9 Å². The summed E-state index contributed by atoms with van der Waals surface area (Å²) in [5.74, 6) is 1.05. The molecule has 1 fully saturated rings. The van der Waals surface area contributed by atoms with Crippen molar-refractivity contribution in [1.82, 2.24) is 28.9 Å². The maximum Gasteiger partial charge on any atom is 0.240 e. The summed E-state index contributed by atoms with van der Waals surface area (Å²) in [6.07, 6.45) is 5.09. The number of likely N-dealkylation sites (N-methyl/N-ethyl adjacent to an activating group) is 1. The number of imidazole rings is 1. The average Bonchev–Trinajstić information content (AvgIpc) is 3.33. The lowest BCUT2D eigenvalue weighted by Crippen LogP contribution is -2.45. The highest BCUT2D eigenvalue weighted by Crippen LogP contribution is 2.33. The van der Waals surface area contributed by atoms with Gasteiger partial charge >= 0.3 is 0 Å². The Labute approximate surface area is 236 Å². The van der Waals surface area contributed by atoms with Gasteiger partial charge in [-0.25, -0.2) is 18.1 Å². The summed E-state index contributed by atoms with van der Waals surface area (Å²) in [7, 11) is 0.576. The smallest absolute Gasteiger partial charge is 0.240 e. The van der Waals surface area contributed by atoms with Crippen LogP contribution in [0, 0.1) is 0 Å². The van der Waals surface area contributed by atoms with E-state index >= 15 is 0 Å². The second-order valence-electron chi connectivity index (χ2n) is 10.9. The molecule has 1 saturated heterocycles. The van der Waals surface area contributed by atoms with Gasteiger partial charge in [-0.2, -0.15) is 0 Å². The number of hydrogen-bond donors (Lipinski definition) is 1. The number of benzene rings is 1. The molecule has 1 aromatic carbocycles. The largest absolute Gasteiger partial charge is 0.355 e. The summed E-state index contributed by atoms with van der Waals surface area (Å²) in [5.41, 5.74) is 5.03. The molecule has 1 atom stereocenters. The summed E-state index contributed by atoms with van der Waals surface area (Å²) in [5, 5.41) is 0. The van der Waals surface area contributed by atoms with Crippen LogP contribution in [-0.4, -0.2) is 72.9 Å². The number of aromatic nitrogens is 3. The van der Waals surface area contributed by atoms with Crippen LogP contribution in [0.1, 0.15) is 41.5 Å². The van der Waals surface area contributed by atoms with E-state index in [9.17, 15) is 8.42 Å². The number of nitrogens with zero attached hydrogens (tertiary/aromatic N) is 6. The normalized spacial score (nSPS) is 18.4. The molecule has 0 bridgehead atoms. The number of nitrogens with one attached hydrogen (secondary N) is 1. The number of pyridine rings is 2. The van der Waals surface area contributed by atoms with E-state index in [2.05, 4.69) is 50.1 Å². The van der Waals surface area contributed by atoms with Gasteiger partial charge in [0.05, 0.1) is 34.6 Å². The summed E-state index contributed by atoms with van der Waals surface area (Å²) in [4.78, 5) is 17.1. The van der Waals surface area contributed by atoms with Gasteiger partial charge in [-0.1, -0.05) is 30.3 Å². The first kappa shape index (κ1) is 26.9. The van der Waals surface area contributed by atoms with E-state index in [0.29, 0.717) is 6.54 Å². The minimum atomic E-state index is -3.69. The predicted molar refractivity (Wildman–Crippen MR) is 157 cm³/mol. The monoisotopic (exact) mass is 559 g/mol. The molecule has 4 aromatic rings. The van der Waals surface area contributed by atoms with E-state index in [1.165, 1.54) is 5.56 Å². The zero-order chi connectivity index (χ0) is 27.7. The minimum absolute atomic E-state index is 0.145. The summed E-state index contributed by atoms with van der Waals surface area (Å²) in [6.45, 7) is 4.50. The Morgan fingerprint density at radius 1 is 1.00 bits per heavy atom. The van der Waals surface area contributed by atoms with Crippen LogP contribution in [0.5, 0.6) is 0 Å². The first-order valence-corrected chi connectivity index (χ1v) is 15.5. The molecule has 210 valence electrons. The molecule has 0 spiro atoms. The highest BCUT2D eigenvalue weighted by Gasteiger charge is 2.28. The molecule has 6 rings (SSSR count). The Morgan fingerprint density at radius 2 is 1.80 bits per heavy atom. The molecule has 2 aliphatic rings. The van der Waals surface area contributed by atoms with Crippen LogP contribution in [0.3, 0.4) is 0 Å². The van der Waals surface area contributed by atoms with Gasteiger partial charge in [0.2, 0.25) is 10.0 Å². The standard InChI is InChI=1S/C30H37N7O2S/c1-34-17-19-36(20-18-34)29-15-7-14-28-33-25(22-35(2)26-13-6-9-23-10-8-16-31-30(23)26)27(37(28)29)21-32-40(38,39)24-11-4-3-5-12-24/h3-5,7-8,10-12,14-16,26,32H,6,9,13,17-22H2,1-2H3/t26-/m0/s1. The number of sulfonamides is 1. The van der Waals surface area contributed by atoms with Crippen molar-refractivity contribution >= 4 is 21.5 Å². The topological polar surface area (TPSA) is 86.1 Å². The second kappa shape index (κ2) is 11.3. The number of hydrogen-bond acceptors (Lipinski definition) is 7. The predicted octanol–water partition coefficient (Wildman–Crippen LogP) is 3.47. The van der Waals surface area contributed by atoms with Crippen LogP contribution < -0.4 is 9.62 Å². The van der Waals surface area contributed by atoms with Gasteiger partial charge in [0.25, 0.3) is 0 Å². The number of fused-ring (bicyclic) bond motifs is 2. The Balaban J connectivity index is 1.37. The molecule has 0 radical (unpaired) electrons. The molecule has 1 aliphatic carbocycles. The van der Waals surface area contributed by atoms with E-state index in [1.807, 2.05) is 30.5 Å². The molecule has 0 unspecified atom stereocenters. The van der Waals surface area contributed by atoms with Gasteiger partial charge < -0.3 is 9.80 Å². The number of piperazine rings is 1. The zero-order valence-electron chi connectivity index (χ0n) is 23.2. The van der Waals surface area contributed by atoms with Crippen molar-refractivity contribution in [3.05, 3.63) is 89.5 Å². The molecular weight excluding hydrogens is 522 g/mol. The molecule has 10 heteroatoms. The quantitative estimate of drug-likeness (QED) is 0.354. The Kier molecular flexibility index (Phi) is 7.59. The lowest BCUT2D eigenvalue weighted by Gasteiger charge is -2.34. The highest BCUT2D eigenvalue weighted by atomic mass is 32.2. The fraction of sp³-hybridized carbons (Fsp3) is 0.400.